The summed E-state index contributed by atoms with van der Waals surface area (Å²) in [6.45, 7) is 0. The van der Waals surface area contributed by atoms with E-state index >= 15 is 0 Å². The third-order valence-corrected chi connectivity index (χ3v) is 4.40. The van der Waals surface area contributed by atoms with Gasteiger partial charge in [0.05, 0.1) is 9.82 Å². The van der Waals surface area contributed by atoms with Crippen LogP contribution < -0.4 is 0 Å². The molecule has 0 atom stereocenters. The van der Waals surface area contributed by atoms with Gasteiger partial charge in [-0.05, 0) is 12.1 Å². The minimum Gasteiger partial charge on any atom is -0.258 e. The molecule has 0 spiro atoms. The van der Waals surface area contributed by atoms with Crippen LogP contribution in [0.4, 0.5) is 5.69 Å². The van der Waals surface area contributed by atoms with Gasteiger partial charge in [-0.15, -0.1) is 0 Å². The lowest BCUT2D eigenvalue weighted by Gasteiger charge is -2.01. The number of nitro benzene ring substituents is 1. The Morgan fingerprint density at radius 1 is 1.00 bits per heavy atom. The summed E-state index contributed by atoms with van der Waals surface area (Å²) >= 11 is 0. The summed E-state index contributed by atoms with van der Waals surface area (Å²) in [6, 6.07) is 1.56. The molecule has 1 aromatic rings. The fourth-order valence-corrected chi connectivity index (χ4v) is 2.76. The Bertz CT molecular complexity index is 905. The standard InChI is InChI=1S/C8H3N3O8S2/c12-4-9-20(16,17)6-1-2-8(7(3-6)11(14)15)21(18,19)10-5-13/h1-3H. The fraction of sp³-hybridized carbons (Fsp3) is 0. The lowest BCUT2D eigenvalue weighted by molar-refractivity contribution is -0.388. The van der Waals surface area contributed by atoms with Crippen LogP contribution in [0.15, 0.2) is 36.8 Å². The summed E-state index contributed by atoms with van der Waals surface area (Å²) in [5.74, 6) is 0. The van der Waals surface area contributed by atoms with Crippen molar-refractivity contribution in [1.29, 1.82) is 0 Å². The maximum Gasteiger partial charge on any atom is 0.299 e. The Kier molecular flexibility index (Phi) is 4.45. The van der Waals surface area contributed by atoms with Gasteiger partial charge in [-0.25, -0.2) is 9.59 Å². The molecule has 0 aliphatic heterocycles. The van der Waals surface area contributed by atoms with Crippen molar-refractivity contribution in [2.45, 2.75) is 9.79 Å². The number of isocyanates is 2. The number of benzene rings is 1. The molecule has 0 unspecified atom stereocenters. The number of hydrogen-bond acceptors (Lipinski definition) is 8. The zero-order valence-electron chi connectivity index (χ0n) is 9.66. The Morgan fingerprint density at radius 2 is 1.52 bits per heavy atom. The molecule has 0 fully saturated rings. The summed E-state index contributed by atoms with van der Waals surface area (Å²) < 4.78 is 50.7. The average Bonchev–Trinajstić information content (AvgIpc) is 2.37. The Hall–Kier alpha value is -2.72. The van der Waals surface area contributed by atoms with E-state index < -0.39 is 40.4 Å². The molecule has 0 aliphatic carbocycles. The second kappa shape index (κ2) is 5.73. The summed E-state index contributed by atoms with van der Waals surface area (Å²) in [5, 5.41) is 10.8. The van der Waals surface area contributed by atoms with Crippen LogP contribution in [0, 0.1) is 10.1 Å². The van der Waals surface area contributed by atoms with Crippen molar-refractivity contribution >= 4 is 37.9 Å². The fourth-order valence-electron chi connectivity index (χ4n) is 1.22. The van der Waals surface area contributed by atoms with E-state index in [1.807, 2.05) is 0 Å². The molecule has 0 bridgehead atoms. The Balaban J connectivity index is 3.73. The molecule has 13 heteroatoms. The van der Waals surface area contributed by atoms with Crippen molar-refractivity contribution in [3.05, 3.63) is 28.3 Å². The lowest BCUT2D eigenvalue weighted by atomic mass is 10.3. The maximum absolute atomic E-state index is 11.5. The van der Waals surface area contributed by atoms with Crippen LogP contribution in [-0.2, 0) is 29.6 Å². The van der Waals surface area contributed by atoms with Crippen LogP contribution in [0.5, 0.6) is 0 Å². The van der Waals surface area contributed by atoms with E-state index in [-0.39, 0.29) is 0 Å². The number of rotatable bonds is 5. The lowest BCUT2D eigenvalue weighted by Crippen LogP contribution is -2.05. The van der Waals surface area contributed by atoms with Crippen LogP contribution in [-0.4, -0.2) is 33.9 Å². The van der Waals surface area contributed by atoms with Gasteiger partial charge in [-0.3, -0.25) is 10.1 Å². The van der Waals surface area contributed by atoms with E-state index in [0.29, 0.717) is 24.3 Å². The number of sulfonamides is 2. The molecule has 0 radical (unpaired) electrons. The molecule has 0 aliphatic rings. The SMILES string of the molecule is O=C=NS(=O)(=O)c1ccc(S(=O)(=O)N=C=O)c([N+](=O)[O-])c1. The topological polar surface area (TPSA) is 170 Å². The van der Waals surface area contributed by atoms with Gasteiger partial charge in [0.25, 0.3) is 37.9 Å². The third-order valence-electron chi connectivity index (χ3n) is 2.02. The molecule has 11 nitrogen and oxygen atoms in total. The molecular formula is C8H3N3O8S2. The highest BCUT2D eigenvalue weighted by Gasteiger charge is 2.28. The highest BCUT2D eigenvalue weighted by Crippen LogP contribution is 2.28. The monoisotopic (exact) mass is 333 g/mol. The van der Waals surface area contributed by atoms with Crippen LogP contribution in [0.2, 0.25) is 0 Å². The summed E-state index contributed by atoms with van der Waals surface area (Å²) in [4.78, 5) is 27.8. The predicted molar refractivity (Wildman–Crippen MR) is 63.7 cm³/mol. The average molecular weight is 333 g/mol. The molecule has 1 rings (SSSR count). The minimum atomic E-state index is -4.70. The van der Waals surface area contributed by atoms with Gasteiger partial charge < -0.3 is 0 Å². The molecule has 0 heterocycles. The Labute approximate surface area is 116 Å². The summed E-state index contributed by atoms with van der Waals surface area (Å²) in [7, 11) is -9.25. The van der Waals surface area contributed by atoms with Gasteiger partial charge in [0.15, 0.2) is 4.90 Å². The molecule has 110 valence electrons. The first-order valence-corrected chi connectivity index (χ1v) is 7.50. The van der Waals surface area contributed by atoms with Crippen molar-refractivity contribution in [2.24, 2.45) is 8.80 Å². The maximum atomic E-state index is 11.5. The van der Waals surface area contributed by atoms with Crippen LogP contribution in [0.25, 0.3) is 0 Å². The van der Waals surface area contributed by atoms with E-state index in [2.05, 4.69) is 8.80 Å². The molecule has 0 saturated heterocycles. The Morgan fingerprint density at radius 3 is 2.00 bits per heavy atom. The zero-order chi connectivity index (χ0) is 16.3. The quantitative estimate of drug-likeness (QED) is 0.304. The van der Waals surface area contributed by atoms with E-state index in [1.54, 1.807) is 0 Å². The van der Waals surface area contributed by atoms with Crippen molar-refractivity contribution in [3.63, 3.8) is 0 Å². The van der Waals surface area contributed by atoms with Gasteiger partial charge >= 0.3 is 0 Å². The zero-order valence-corrected chi connectivity index (χ0v) is 11.3. The molecule has 0 saturated carbocycles. The highest BCUT2D eigenvalue weighted by atomic mass is 32.2. The normalized spacial score (nSPS) is 11.0. The number of carbonyl (C=O) groups excluding carboxylic acids is 2. The van der Waals surface area contributed by atoms with Gasteiger partial charge in [-0.2, -0.15) is 16.8 Å². The van der Waals surface area contributed by atoms with Crippen LogP contribution in [0.3, 0.4) is 0 Å². The summed E-state index contributed by atoms with van der Waals surface area (Å²) in [5.41, 5.74) is -1.16. The van der Waals surface area contributed by atoms with Crippen molar-refractivity contribution in [2.75, 3.05) is 0 Å². The van der Waals surface area contributed by atoms with E-state index in [1.165, 1.54) is 0 Å². The predicted octanol–water partition coefficient (Wildman–Crippen LogP) is -0.356. The molecule has 0 N–H and O–H groups in total. The van der Waals surface area contributed by atoms with E-state index in [4.69, 9.17) is 0 Å². The first kappa shape index (κ1) is 16.3. The van der Waals surface area contributed by atoms with Crippen molar-refractivity contribution < 1.29 is 31.3 Å². The van der Waals surface area contributed by atoms with Gasteiger partial charge in [-0.1, -0.05) is 8.80 Å². The van der Waals surface area contributed by atoms with Crippen LogP contribution >= 0.6 is 0 Å². The minimum absolute atomic E-state index is 0.364. The van der Waals surface area contributed by atoms with Crippen LogP contribution in [0.1, 0.15) is 0 Å². The first-order valence-electron chi connectivity index (χ1n) is 4.62. The van der Waals surface area contributed by atoms with Crippen molar-refractivity contribution in [1.82, 2.24) is 0 Å². The van der Waals surface area contributed by atoms with Crippen molar-refractivity contribution in [3.8, 4) is 0 Å². The molecular weight excluding hydrogens is 330 g/mol. The molecule has 21 heavy (non-hydrogen) atoms. The number of nitro groups is 1. The molecule has 0 amide bonds. The highest BCUT2D eigenvalue weighted by molar-refractivity contribution is 7.90. The van der Waals surface area contributed by atoms with E-state index in [0.717, 1.165) is 6.08 Å². The van der Waals surface area contributed by atoms with E-state index in [9.17, 15) is 36.5 Å². The largest absolute Gasteiger partial charge is 0.299 e. The first-order chi connectivity index (χ1) is 9.65. The second-order valence-corrected chi connectivity index (χ2v) is 6.38. The molecule has 0 aromatic heterocycles. The number of nitrogens with zero attached hydrogens (tertiary/aromatic N) is 3. The second-order valence-electron chi connectivity index (χ2n) is 3.20. The smallest absolute Gasteiger partial charge is 0.258 e. The number of hydrogen-bond donors (Lipinski definition) is 0. The van der Waals surface area contributed by atoms with Gasteiger partial charge in [0.2, 0.25) is 0 Å². The van der Waals surface area contributed by atoms with Gasteiger partial charge in [0, 0.05) is 6.07 Å². The van der Waals surface area contributed by atoms with Gasteiger partial charge in [0.1, 0.15) is 0 Å². The summed E-state index contributed by atoms with van der Waals surface area (Å²) in [6.07, 6.45) is 1.46. The third kappa shape index (κ3) is 3.43. The molecule has 1 aromatic carbocycles.